The first-order chi connectivity index (χ1) is 8.25. The monoisotopic (exact) mass is 332 g/mol. The van der Waals surface area contributed by atoms with E-state index in [9.17, 15) is 0 Å². The molecular weight excluding hydrogens is 307 g/mol. The van der Waals surface area contributed by atoms with Gasteiger partial charge in [-0.05, 0) is 20.5 Å². The van der Waals surface area contributed by atoms with Gasteiger partial charge >= 0.3 is 16.5 Å². The molecule has 2 aliphatic rings. The Morgan fingerprint density at radius 2 is 0.947 bits per heavy atom. The van der Waals surface area contributed by atoms with Gasteiger partial charge < -0.3 is 0 Å². The van der Waals surface area contributed by atoms with Crippen molar-refractivity contribution in [3.63, 3.8) is 0 Å². The first-order valence-corrected chi connectivity index (χ1v) is 9.12. The molecule has 2 rings (SSSR count). The largest absolute Gasteiger partial charge is 2.00 e. The van der Waals surface area contributed by atoms with Gasteiger partial charge in [-0.1, -0.05) is 27.7 Å². The van der Waals surface area contributed by atoms with Crippen LogP contribution in [-0.2, 0) is 16.5 Å². The number of hydrogen-bond donors (Lipinski definition) is 0. The molecule has 0 fully saturated rings. The van der Waals surface area contributed by atoms with Crippen LogP contribution >= 0.6 is 0 Å². The van der Waals surface area contributed by atoms with Crippen molar-refractivity contribution in [2.24, 2.45) is 0 Å². The molecule has 0 aromatic carbocycles. The second kappa shape index (κ2) is 7.61. The molecule has 0 radical (unpaired) electrons. The SMILES string of the molecule is CC1=[C-]C([SiH3])C(C)=C1C.CC1=[C-]C([SiH3])C(C)=C1C.[Ni+2]. The van der Waals surface area contributed by atoms with Crippen molar-refractivity contribution in [2.45, 2.75) is 52.6 Å². The maximum absolute atomic E-state index is 3.42. The van der Waals surface area contributed by atoms with E-state index in [4.69, 9.17) is 0 Å². The molecule has 0 bridgehead atoms. The van der Waals surface area contributed by atoms with Crippen LogP contribution in [0.5, 0.6) is 0 Å². The van der Waals surface area contributed by atoms with E-state index >= 15 is 0 Å². The fourth-order valence-corrected chi connectivity index (χ4v) is 4.06. The number of rotatable bonds is 0. The molecule has 0 nitrogen and oxygen atoms in total. The van der Waals surface area contributed by atoms with Gasteiger partial charge in [-0.2, -0.15) is 22.3 Å². The summed E-state index contributed by atoms with van der Waals surface area (Å²) >= 11 is 0. The maximum atomic E-state index is 3.42. The van der Waals surface area contributed by atoms with E-state index in [2.05, 4.69) is 53.7 Å². The molecule has 0 saturated carbocycles. The van der Waals surface area contributed by atoms with Gasteiger partial charge in [-0.15, -0.1) is 24.9 Å². The van der Waals surface area contributed by atoms with Crippen molar-refractivity contribution >= 4 is 20.5 Å². The van der Waals surface area contributed by atoms with Crippen LogP contribution in [0.4, 0.5) is 0 Å². The van der Waals surface area contributed by atoms with Gasteiger partial charge in [0, 0.05) is 0 Å². The van der Waals surface area contributed by atoms with E-state index in [1.54, 1.807) is 11.1 Å². The topological polar surface area (TPSA) is 0 Å². The van der Waals surface area contributed by atoms with E-state index in [0.29, 0.717) is 11.1 Å². The molecule has 0 saturated heterocycles. The van der Waals surface area contributed by atoms with Crippen LogP contribution in [0.15, 0.2) is 33.4 Å². The van der Waals surface area contributed by atoms with Crippen LogP contribution < -0.4 is 0 Å². The quantitative estimate of drug-likeness (QED) is 0.472. The Balaban J connectivity index is 0.000000324. The Morgan fingerprint density at radius 3 is 1.00 bits per heavy atom. The van der Waals surface area contributed by atoms with Crippen molar-refractivity contribution < 1.29 is 16.5 Å². The zero-order valence-corrected chi connectivity index (χ0v) is 18.5. The minimum atomic E-state index is 0. The third-order valence-corrected chi connectivity index (χ3v) is 6.78. The van der Waals surface area contributed by atoms with Crippen molar-refractivity contribution in [3.8, 4) is 0 Å². The average molecular weight is 333 g/mol. The van der Waals surface area contributed by atoms with Gasteiger partial charge in [0.05, 0.1) is 0 Å². The fraction of sp³-hybridized carbons (Fsp3) is 0.500. The molecule has 2 unspecified atom stereocenters. The standard InChI is InChI=1S/2C8H13Si.Ni/c2*1-5-4-8(9)7(3)6(5)2;/h2*8H,1-3,9H3;/q2*-1;+2. The van der Waals surface area contributed by atoms with Crippen LogP contribution in [0.25, 0.3) is 0 Å². The second-order valence-corrected chi connectivity index (χ2v) is 7.91. The molecule has 0 aromatic rings. The summed E-state index contributed by atoms with van der Waals surface area (Å²) in [4.78, 5) is 0. The Bertz CT molecular complexity index is 423. The molecule has 2 aliphatic carbocycles. The van der Waals surface area contributed by atoms with Gasteiger partial charge in [0.2, 0.25) is 0 Å². The molecule has 0 heterocycles. The minimum absolute atomic E-state index is 0. The maximum Gasteiger partial charge on any atom is 2.00 e. The average Bonchev–Trinajstić information content (AvgIpc) is 2.66. The van der Waals surface area contributed by atoms with Crippen LogP contribution in [0.2, 0.25) is 11.1 Å². The van der Waals surface area contributed by atoms with E-state index in [0.717, 1.165) is 0 Å². The summed E-state index contributed by atoms with van der Waals surface area (Å²) in [6.07, 6.45) is 6.84. The summed E-state index contributed by atoms with van der Waals surface area (Å²) in [5.74, 6) is 0. The summed E-state index contributed by atoms with van der Waals surface area (Å²) < 4.78 is 0. The van der Waals surface area contributed by atoms with Crippen LogP contribution in [0.3, 0.4) is 0 Å². The summed E-state index contributed by atoms with van der Waals surface area (Å²) in [5, 5.41) is 0. The van der Waals surface area contributed by atoms with Gasteiger partial charge in [0.1, 0.15) is 0 Å². The predicted octanol–water partition coefficient (Wildman–Crippen LogP) is 2.48. The van der Waals surface area contributed by atoms with Crippen molar-refractivity contribution in [1.82, 2.24) is 0 Å². The summed E-state index contributed by atoms with van der Waals surface area (Å²) in [5.41, 5.74) is 10.2. The van der Waals surface area contributed by atoms with Crippen molar-refractivity contribution in [1.29, 1.82) is 0 Å². The molecule has 108 valence electrons. The predicted molar refractivity (Wildman–Crippen MR) is 89.0 cm³/mol. The van der Waals surface area contributed by atoms with E-state index in [1.165, 1.54) is 42.8 Å². The third-order valence-electron chi connectivity index (χ3n) is 4.47. The van der Waals surface area contributed by atoms with Crippen molar-refractivity contribution in [3.05, 3.63) is 45.6 Å². The van der Waals surface area contributed by atoms with Crippen molar-refractivity contribution in [2.75, 3.05) is 0 Å². The smallest absolute Gasteiger partial charge is 0.270 e. The molecule has 3 heteroatoms. The molecule has 0 amide bonds. The van der Waals surface area contributed by atoms with Gasteiger partial charge in [-0.3, -0.25) is 12.2 Å². The molecule has 0 spiro atoms. The van der Waals surface area contributed by atoms with Crippen LogP contribution in [0.1, 0.15) is 41.5 Å². The second-order valence-electron chi connectivity index (χ2n) is 5.60. The molecule has 0 N–H and O–H groups in total. The normalized spacial score (nSPS) is 26.0. The van der Waals surface area contributed by atoms with E-state index in [1.807, 2.05) is 0 Å². The first-order valence-electron chi connectivity index (χ1n) is 6.81. The van der Waals surface area contributed by atoms with Crippen LogP contribution in [0, 0.1) is 12.2 Å². The first kappa shape index (κ1) is 18.9. The Labute approximate surface area is 135 Å². The molecule has 0 aromatic heterocycles. The minimum Gasteiger partial charge on any atom is -0.270 e. The van der Waals surface area contributed by atoms with Crippen LogP contribution in [-0.4, -0.2) is 20.5 Å². The molecule has 0 aliphatic heterocycles. The van der Waals surface area contributed by atoms with Gasteiger partial charge in [0.25, 0.3) is 0 Å². The summed E-state index contributed by atoms with van der Waals surface area (Å²) in [6, 6.07) is 0. The number of hydrogen-bond acceptors (Lipinski definition) is 0. The van der Waals surface area contributed by atoms with Gasteiger partial charge in [0.15, 0.2) is 0 Å². The van der Waals surface area contributed by atoms with E-state index in [-0.39, 0.29) is 16.5 Å². The Hall–Kier alpha value is -0.113. The Kier molecular flexibility index (Phi) is 7.57. The fourth-order valence-electron chi connectivity index (χ4n) is 2.32. The zero-order chi connectivity index (χ0) is 14.0. The molecular formula is C16H26NiSi2. The Morgan fingerprint density at radius 1 is 0.684 bits per heavy atom. The molecule has 19 heavy (non-hydrogen) atoms. The van der Waals surface area contributed by atoms with Gasteiger partial charge in [-0.25, -0.2) is 11.1 Å². The summed E-state index contributed by atoms with van der Waals surface area (Å²) in [7, 11) is 2.45. The summed E-state index contributed by atoms with van der Waals surface area (Å²) in [6.45, 7) is 13.1. The molecule has 2 atom stereocenters. The third kappa shape index (κ3) is 4.44. The number of allylic oxidation sites excluding steroid dienone is 8. The zero-order valence-electron chi connectivity index (χ0n) is 13.5. The van der Waals surface area contributed by atoms with E-state index < -0.39 is 0 Å².